The van der Waals surface area contributed by atoms with Crippen LogP contribution in [0.5, 0.6) is 5.75 Å². The minimum Gasteiger partial charge on any atom is -0.489 e. The third-order valence-electron chi connectivity index (χ3n) is 3.90. The molecule has 1 unspecified atom stereocenters. The number of hydrogen-bond donors (Lipinski definition) is 1. The van der Waals surface area contributed by atoms with Gasteiger partial charge in [0.05, 0.1) is 6.26 Å². The molecule has 1 aromatic heterocycles. The van der Waals surface area contributed by atoms with Gasteiger partial charge in [0.1, 0.15) is 24.2 Å². The fraction of sp³-hybridized carbons (Fsp3) is 0.200. The summed E-state index contributed by atoms with van der Waals surface area (Å²) in [6.07, 6.45) is 0.814. The van der Waals surface area contributed by atoms with Crippen molar-refractivity contribution in [2.24, 2.45) is 0 Å². The third kappa shape index (κ3) is 3.46. The van der Waals surface area contributed by atoms with Gasteiger partial charge in [0.25, 0.3) is 0 Å². The number of aliphatic hydroxyl groups is 1. The molecule has 3 aromatic rings. The highest BCUT2D eigenvalue weighted by Crippen LogP contribution is 2.31. The van der Waals surface area contributed by atoms with E-state index in [1.807, 2.05) is 56.3 Å². The molecule has 1 atom stereocenters. The van der Waals surface area contributed by atoms with Crippen molar-refractivity contribution in [3.8, 4) is 5.75 Å². The molecular weight excluding hydrogens is 288 g/mol. The second-order valence-electron chi connectivity index (χ2n) is 5.66. The number of aliphatic hydroxyl groups excluding tert-OH is 1. The van der Waals surface area contributed by atoms with Crippen LogP contribution in [0.3, 0.4) is 0 Å². The molecule has 23 heavy (non-hydrogen) atoms. The van der Waals surface area contributed by atoms with E-state index < -0.39 is 6.10 Å². The van der Waals surface area contributed by atoms with Crippen LogP contribution in [-0.2, 0) is 6.61 Å². The molecule has 3 rings (SSSR count). The largest absolute Gasteiger partial charge is 0.489 e. The molecule has 0 bridgehead atoms. The lowest BCUT2D eigenvalue weighted by Crippen LogP contribution is -2.05. The van der Waals surface area contributed by atoms with E-state index in [0.29, 0.717) is 12.4 Å². The molecule has 0 saturated heterocycles. The zero-order valence-corrected chi connectivity index (χ0v) is 13.3. The van der Waals surface area contributed by atoms with Gasteiger partial charge >= 0.3 is 0 Å². The highest BCUT2D eigenvalue weighted by Gasteiger charge is 2.18. The van der Waals surface area contributed by atoms with Gasteiger partial charge in [-0.2, -0.15) is 0 Å². The number of hydrogen-bond acceptors (Lipinski definition) is 3. The molecule has 0 aliphatic heterocycles. The van der Waals surface area contributed by atoms with Crippen LogP contribution in [0.25, 0.3) is 0 Å². The van der Waals surface area contributed by atoms with Gasteiger partial charge < -0.3 is 14.3 Å². The molecule has 3 heteroatoms. The van der Waals surface area contributed by atoms with Gasteiger partial charge in [-0.1, -0.05) is 30.3 Å². The van der Waals surface area contributed by atoms with E-state index in [1.54, 1.807) is 18.4 Å². The van der Waals surface area contributed by atoms with E-state index in [9.17, 15) is 5.11 Å². The van der Waals surface area contributed by atoms with Gasteiger partial charge in [-0.05, 0) is 60.4 Å². The van der Waals surface area contributed by atoms with Crippen LogP contribution in [0.4, 0.5) is 0 Å². The molecule has 0 saturated carbocycles. The maximum absolute atomic E-state index is 10.5. The summed E-state index contributed by atoms with van der Waals surface area (Å²) in [5.74, 6) is 1.36. The highest BCUT2D eigenvalue weighted by molar-refractivity contribution is 5.44. The van der Waals surface area contributed by atoms with Crippen molar-refractivity contribution >= 4 is 0 Å². The summed E-state index contributed by atoms with van der Waals surface area (Å²) in [7, 11) is 0. The molecular formula is C20H20O3. The minimum atomic E-state index is -0.756. The summed E-state index contributed by atoms with van der Waals surface area (Å²) in [5, 5.41) is 10.5. The van der Waals surface area contributed by atoms with E-state index in [0.717, 1.165) is 28.0 Å². The fourth-order valence-corrected chi connectivity index (χ4v) is 2.78. The molecule has 0 amide bonds. The number of furan rings is 1. The van der Waals surface area contributed by atoms with Crippen molar-refractivity contribution in [1.82, 2.24) is 0 Å². The molecule has 2 aromatic carbocycles. The van der Waals surface area contributed by atoms with Crippen LogP contribution < -0.4 is 4.74 Å². The predicted octanol–water partition coefficient (Wildman–Crippen LogP) is 4.56. The van der Waals surface area contributed by atoms with E-state index in [4.69, 9.17) is 9.15 Å². The molecule has 0 spiro atoms. The zero-order chi connectivity index (χ0) is 16.2. The molecule has 0 aliphatic carbocycles. The Morgan fingerprint density at radius 3 is 2.30 bits per heavy atom. The Hall–Kier alpha value is -2.52. The van der Waals surface area contributed by atoms with Crippen LogP contribution in [0.15, 0.2) is 65.3 Å². The van der Waals surface area contributed by atoms with E-state index >= 15 is 0 Å². The molecule has 0 aliphatic rings. The van der Waals surface area contributed by atoms with Crippen LogP contribution in [0.2, 0.25) is 0 Å². The number of benzene rings is 2. The van der Waals surface area contributed by atoms with Crippen molar-refractivity contribution in [2.75, 3.05) is 0 Å². The Labute approximate surface area is 136 Å². The van der Waals surface area contributed by atoms with Gasteiger partial charge in [0.15, 0.2) is 0 Å². The Morgan fingerprint density at radius 2 is 1.70 bits per heavy atom. The second-order valence-corrected chi connectivity index (χ2v) is 5.66. The lowest BCUT2D eigenvalue weighted by atomic mass is 9.96. The lowest BCUT2D eigenvalue weighted by Gasteiger charge is -2.17. The van der Waals surface area contributed by atoms with Crippen molar-refractivity contribution in [3.05, 3.63) is 88.9 Å². The lowest BCUT2D eigenvalue weighted by molar-refractivity contribution is 0.188. The van der Waals surface area contributed by atoms with Gasteiger partial charge in [0, 0.05) is 0 Å². The summed E-state index contributed by atoms with van der Waals surface area (Å²) in [6.45, 7) is 4.48. The summed E-state index contributed by atoms with van der Waals surface area (Å²) in [6, 6.07) is 17.5. The molecule has 1 heterocycles. The summed E-state index contributed by atoms with van der Waals surface area (Å²) in [4.78, 5) is 0. The van der Waals surface area contributed by atoms with E-state index in [-0.39, 0.29) is 0 Å². The first-order valence-corrected chi connectivity index (χ1v) is 7.64. The van der Waals surface area contributed by atoms with Crippen LogP contribution >= 0.6 is 0 Å². The van der Waals surface area contributed by atoms with Gasteiger partial charge in [-0.3, -0.25) is 0 Å². The highest BCUT2D eigenvalue weighted by atomic mass is 16.5. The fourth-order valence-electron chi connectivity index (χ4n) is 2.78. The van der Waals surface area contributed by atoms with Crippen molar-refractivity contribution in [2.45, 2.75) is 26.6 Å². The van der Waals surface area contributed by atoms with Crippen LogP contribution in [0.1, 0.15) is 34.1 Å². The maximum Gasteiger partial charge on any atom is 0.137 e. The van der Waals surface area contributed by atoms with Crippen molar-refractivity contribution < 1.29 is 14.3 Å². The van der Waals surface area contributed by atoms with Crippen molar-refractivity contribution in [1.29, 1.82) is 0 Å². The Balaban J connectivity index is 1.80. The molecule has 0 fully saturated rings. The molecule has 1 N–H and O–H groups in total. The van der Waals surface area contributed by atoms with E-state index in [1.165, 1.54) is 0 Å². The number of rotatable bonds is 5. The molecule has 118 valence electrons. The van der Waals surface area contributed by atoms with Crippen LogP contribution in [-0.4, -0.2) is 5.11 Å². The third-order valence-corrected chi connectivity index (χ3v) is 3.90. The SMILES string of the molecule is Cc1cc(OCc2ccccc2)cc(C)c1C(O)c1ccco1. The van der Waals surface area contributed by atoms with Crippen LogP contribution in [0, 0.1) is 13.8 Å². The van der Waals surface area contributed by atoms with Crippen molar-refractivity contribution in [3.63, 3.8) is 0 Å². The Morgan fingerprint density at radius 1 is 1.00 bits per heavy atom. The summed E-state index contributed by atoms with van der Waals surface area (Å²) >= 11 is 0. The molecule has 0 radical (unpaired) electrons. The first-order chi connectivity index (χ1) is 11.1. The Bertz CT molecular complexity index is 738. The summed E-state index contributed by atoms with van der Waals surface area (Å²) < 4.78 is 11.2. The first-order valence-electron chi connectivity index (χ1n) is 7.64. The van der Waals surface area contributed by atoms with Gasteiger partial charge in [-0.15, -0.1) is 0 Å². The predicted molar refractivity (Wildman–Crippen MR) is 89.5 cm³/mol. The first kappa shape index (κ1) is 15.4. The minimum absolute atomic E-state index is 0.528. The average molecular weight is 308 g/mol. The smallest absolute Gasteiger partial charge is 0.137 e. The van der Waals surface area contributed by atoms with E-state index in [2.05, 4.69) is 0 Å². The maximum atomic E-state index is 10.5. The number of aryl methyl sites for hydroxylation is 2. The number of ether oxygens (including phenoxy) is 1. The quantitative estimate of drug-likeness (QED) is 0.751. The second kappa shape index (κ2) is 6.71. The topological polar surface area (TPSA) is 42.6 Å². The monoisotopic (exact) mass is 308 g/mol. The molecule has 3 nitrogen and oxygen atoms in total. The zero-order valence-electron chi connectivity index (χ0n) is 13.3. The average Bonchev–Trinajstić information content (AvgIpc) is 3.07. The van der Waals surface area contributed by atoms with Gasteiger partial charge in [0.2, 0.25) is 0 Å². The normalized spacial score (nSPS) is 12.1. The Kier molecular flexibility index (Phi) is 4.49. The summed E-state index contributed by atoms with van der Waals surface area (Å²) in [5.41, 5.74) is 3.96. The van der Waals surface area contributed by atoms with Gasteiger partial charge in [-0.25, -0.2) is 0 Å². The standard InChI is InChI=1S/C20H20O3/c1-14-11-17(23-13-16-7-4-3-5-8-16)12-15(2)19(14)20(21)18-9-6-10-22-18/h3-12,20-21H,13H2,1-2H3.